The predicted molar refractivity (Wildman–Crippen MR) is 523 cm³/mol. The molecule has 0 saturated carbocycles. The molecule has 6 fully saturated rings. The van der Waals surface area contributed by atoms with Gasteiger partial charge in [0.1, 0.15) is 88.7 Å². The van der Waals surface area contributed by atoms with Crippen LogP contribution < -0.4 is 19.8 Å². The van der Waals surface area contributed by atoms with E-state index in [1.807, 2.05) is 10.6 Å². The third-order valence-electron chi connectivity index (χ3n) is 25.0. The van der Waals surface area contributed by atoms with Crippen LogP contribution in [0.2, 0.25) is 147 Å². The van der Waals surface area contributed by atoms with Gasteiger partial charge in [0.05, 0.1) is 95.6 Å². The van der Waals surface area contributed by atoms with Crippen LogP contribution in [-0.2, 0) is 85.8 Å². The van der Waals surface area contributed by atoms with Crippen molar-refractivity contribution in [1.82, 2.24) is 43.6 Å². The van der Waals surface area contributed by atoms with E-state index in [0.717, 1.165) is 18.1 Å². The largest absolute Gasteiger partial charge is 0.509 e. The SMILES string of the molecule is CC(C)(C)[Si](C)(C)O[C@@H]1CO[C@H]2[C@@H]1OC[C@H]2Oc1nc2cc(Cl)c(-c3c(F)cc(-c4ccc(N=S(C)(C)=O)cc4)cc3F)nc2n1COCC[Si](C)(C)C.CC(C)(C)[Si](C)(C)O[C@@H]1CO[C@H]2[C@@H]1OC[C@H]2Oc1nc2cc(Cl)c(B(O)O)nc2n1COCC[Si](C)(C)C.CC(C)(C)[Si](C)(C)O[C@@H]1CO[C@H]2[C@@H]1OC[C@H]2Oc1nc2cc(Cl)c(I)nc2n1COCC[Si](C)(C)C. The van der Waals surface area contributed by atoms with Gasteiger partial charge >= 0.3 is 25.1 Å². The zero-order valence-electron chi connectivity index (χ0n) is 78.9. The summed E-state index contributed by atoms with van der Waals surface area (Å²) in [6, 6.07) is 18.0. The molecule has 708 valence electrons. The van der Waals surface area contributed by atoms with Gasteiger partial charge in [-0.05, 0) is 149 Å². The van der Waals surface area contributed by atoms with E-state index in [4.69, 9.17) is 120 Å². The molecule has 14 rings (SSSR count). The molecule has 12 heterocycles. The fraction of sp³-hybridized carbons (Fsp3) is 0.651. The molecule has 6 aromatic heterocycles. The van der Waals surface area contributed by atoms with Crippen molar-refractivity contribution in [1.29, 1.82) is 0 Å². The van der Waals surface area contributed by atoms with Gasteiger partial charge in [0, 0.05) is 66.3 Å². The number of hydrogen-bond donors (Lipinski definition) is 2. The molecule has 12 atom stereocenters. The van der Waals surface area contributed by atoms with Crippen molar-refractivity contribution in [2.24, 2.45) is 4.36 Å². The molecular formula is C86H131BCl3F2IN10O18SSi6. The normalized spacial score (nSPS) is 23.0. The Morgan fingerprint density at radius 1 is 0.461 bits per heavy atom. The lowest BCUT2D eigenvalue weighted by molar-refractivity contribution is 0.00684. The lowest BCUT2D eigenvalue weighted by Crippen LogP contribution is -2.47. The number of nitrogens with zero attached hydrogens (tertiary/aromatic N) is 10. The molecule has 0 bridgehead atoms. The van der Waals surface area contributed by atoms with Gasteiger partial charge in [-0.25, -0.2) is 27.9 Å². The van der Waals surface area contributed by atoms with Gasteiger partial charge in [0.15, 0.2) is 60.2 Å². The van der Waals surface area contributed by atoms with Crippen LogP contribution in [0.1, 0.15) is 62.3 Å². The number of hydrogen-bond acceptors (Lipinski definition) is 25. The zero-order chi connectivity index (χ0) is 93.9. The summed E-state index contributed by atoms with van der Waals surface area (Å²) in [4.78, 5) is 27.8. The molecule has 0 radical (unpaired) electrons. The van der Waals surface area contributed by atoms with Crippen molar-refractivity contribution in [3.63, 3.8) is 0 Å². The summed E-state index contributed by atoms with van der Waals surface area (Å²) in [5, 5.41) is 20.4. The first-order chi connectivity index (χ1) is 59.3. The van der Waals surface area contributed by atoms with Crippen LogP contribution in [0.5, 0.6) is 18.0 Å². The van der Waals surface area contributed by atoms with Crippen molar-refractivity contribution in [3.05, 3.63) is 85.0 Å². The van der Waals surface area contributed by atoms with Crippen LogP contribution in [0.15, 0.2) is 59.0 Å². The minimum atomic E-state index is -2.36. The number of aromatic nitrogens is 9. The zero-order valence-corrected chi connectivity index (χ0v) is 90.1. The standard InChI is InChI=1S/C38H51ClF2N4O6SSi2.C24H41BClN3O7Si2.C24H39ClIN3O5Si2/c1-38(2,3)54(9,10)51-31-21-49-34-30(20-48-35(31)34)50-37-42-29-19-26(39)33(43-36(29)45(37)22-47-15-16-53(6,7)8)32-27(40)17-24(18-28(32)41)23-11-13-25(14-12-23)44-52(4,5)46;1-24(2,3)38(7,8)36-18-13-34-19-17(12-33-20(18)19)35-23-27-16-11-15(26)21(25(30)31)28-22(16)29(23)14-32-9-10-37(4,5)6;1-24(2,3)36(7,8)34-18-13-32-19-17(12-31-20(18)19)33-23-27-16-11-15(25)21(26)28-22(16)29(23)14-30-9-10-35(4,5)6/h11-14,17-19,30-31,34-35H,15-16,20-22H2,1-10H3;11,17-20,30-31H,9-10,12-14H2,1-8H3;11,17-20H,9-10,12-14H2,1-8H3/t30-,31-,34-,35-;2*17-,18-,19-,20-/m111/s1. The third-order valence-corrected chi connectivity index (χ3v) is 46.3. The first-order valence-electron chi connectivity index (χ1n) is 43.8. The van der Waals surface area contributed by atoms with Gasteiger partial charge in [-0.1, -0.05) is 168 Å². The predicted octanol–water partition coefficient (Wildman–Crippen LogP) is 18.3. The Kier molecular flexibility index (Phi) is 32.4. The Morgan fingerprint density at radius 2 is 0.773 bits per heavy atom. The second-order valence-corrected chi connectivity index (χ2v) is 78.4. The van der Waals surface area contributed by atoms with Crippen LogP contribution in [0.25, 0.3) is 55.9 Å². The lowest BCUT2D eigenvalue weighted by Gasteiger charge is -2.39. The molecule has 6 saturated heterocycles. The maximum absolute atomic E-state index is 15.9. The molecule has 0 spiro atoms. The molecule has 0 unspecified atom stereocenters. The Labute approximate surface area is 787 Å². The van der Waals surface area contributed by atoms with E-state index in [1.165, 1.54) is 30.7 Å². The quantitative estimate of drug-likeness (QED) is 0.0176. The maximum Gasteiger partial charge on any atom is 0.509 e. The number of fused-ring (bicyclic) bond motifs is 6. The highest BCUT2D eigenvalue weighted by Crippen LogP contribution is 2.46. The number of benzene rings is 2. The van der Waals surface area contributed by atoms with Crippen LogP contribution in [0.4, 0.5) is 14.5 Å². The summed E-state index contributed by atoms with van der Waals surface area (Å²) in [5.74, 6) is -1.68. The van der Waals surface area contributed by atoms with Crippen molar-refractivity contribution in [2.45, 2.75) is 287 Å². The van der Waals surface area contributed by atoms with Crippen LogP contribution in [-0.4, -0.2) is 259 Å². The summed E-state index contributed by atoms with van der Waals surface area (Å²) in [6.45, 7) is 58.7. The van der Waals surface area contributed by atoms with Crippen LogP contribution in [0.3, 0.4) is 0 Å². The van der Waals surface area contributed by atoms with E-state index in [2.05, 4.69) is 202 Å². The second kappa shape index (κ2) is 40.3. The Balaban J connectivity index is 0.000000179. The van der Waals surface area contributed by atoms with Crippen molar-refractivity contribution in [2.75, 3.05) is 72.0 Å². The van der Waals surface area contributed by atoms with E-state index in [-0.39, 0.29) is 135 Å². The molecule has 2 aromatic carbocycles. The molecule has 0 aliphatic carbocycles. The minimum absolute atomic E-state index is 0.0200. The highest BCUT2D eigenvalue weighted by atomic mass is 127. The number of ether oxygens (including phenoxy) is 12. The summed E-state index contributed by atoms with van der Waals surface area (Å²) in [7, 11) is -14.1. The fourth-order valence-electron chi connectivity index (χ4n) is 14.5. The van der Waals surface area contributed by atoms with E-state index in [0.29, 0.717) is 125 Å². The molecule has 0 amide bonds. The van der Waals surface area contributed by atoms with Crippen molar-refractivity contribution in [3.8, 4) is 40.4 Å². The van der Waals surface area contributed by atoms with Crippen LogP contribution >= 0.6 is 57.4 Å². The Hall–Kier alpha value is -4.08. The number of pyridine rings is 3. The average molecular weight is 2080 g/mol. The summed E-state index contributed by atoms with van der Waals surface area (Å²) >= 11 is 21.4. The molecule has 2 N–H and O–H groups in total. The first kappa shape index (κ1) is 103. The molecular weight excluding hydrogens is 1940 g/mol. The number of imidazole rings is 3. The highest BCUT2D eigenvalue weighted by molar-refractivity contribution is 14.1. The van der Waals surface area contributed by atoms with Gasteiger partial charge in [0.25, 0.3) is 0 Å². The first-order valence-corrected chi connectivity index (χ1v) is 68.2. The van der Waals surface area contributed by atoms with E-state index in [9.17, 15) is 14.3 Å². The molecule has 42 heteroatoms. The molecule has 128 heavy (non-hydrogen) atoms. The smallest absolute Gasteiger partial charge is 0.456 e. The van der Waals surface area contributed by atoms with Gasteiger partial charge in [-0.2, -0.15) is 19.3 Å². The Bertz CT molecular complexity index is 5350. The maximum atomic E-state index is 15.9. The van der Waals surface area contributed by atoms with E-state index >= 15 is 8.78 Å². The molecule has 6 aliphatic rings. The van der Waals surface area contributed by atoms with Gasteiger partial charge < -0.3 is 80.2 Å². The second-order valence-electron chi connectivity index (χ2n) is 42.5. The van der Waals surface area contributed by atoms with Crippen molar-refractivity contribution >= 4 is 168 Å². The number of halogens is 6. The molecule has 6 aliphatic heterocycles. The fourth-order valence-corrected chi connectivity index (χ4v) is 22.3. The summed E-state index contributed by atoms with van der Waals surface area (Å²) in [5.41, 5.74) is 3.76. The average Bonchev–Trinajstić information content (AvgIpc) is 1.59. The summed E-state index contributed by atoms with van der Waals surface area (Å²) in [6.07, 6.45) is -0.0962. The van der Waals surface area contributed by atoms with Crippen LogP contribution in [0, 0.1) is 15.3 Å². The van der Waals surface area contributed by atoms with Crippen molar-refractivity contribution < 1.29 is 93.2 Å². The summed E-state index contributed by atoms with van der Waals surface area (Å²) < 4.78 is 149. The van der Waals surface area contributed by atoms with E-state index in [1.54, 1.807) is 39.5 Å². The monoisotopic (exact) mass is 2070 g/mol. The third kappa shape index (κ3) is 25.0. The van der Waals surface area contributed by atoms with Gasteiger partial charge in [-0.3, -0.25) is 13.7 Å². The lowest BCUT2D eigenvalue weighted by atomic mass is 9.85. The van der Waals surface area contributed by atoms with Gasteiger partial charge in [0.2, 0.25) is 0 Å². The van der Waals surface area contributed by atoms with E-state index < -0.39 is 89.9 Å². The topological polar surface area (TPSA) is 300 Å². The van der Waals surface area contributed by atoms with Gasteiger partial charge in [-0.15, -0.1) is 0 Å². The molecule has 8 aromatic rings. The minimum Gasteiger partial charge on any atom is -0.456 e. The highest BCUT2D eigenvalue weighted by Gasteiger charge is 2.56. The molecule has 28 nitrogen and oxygen atoms in total. The number of rotatable bonds is 31. The Morgan fingerprint density at radius 3 is 1.10 bits per heavy atom.